The van der Waals surface area contributed by atoms with Crippen molar-refractivity contribution < 1.29 is 40.0 Å². The van der Waals surface area contributed by atoms with E-state index in [2.05, 4.69) is 45.6 Å². The van der Waals surface area contributed by atoms with E-state index in [1.807, 2.05) is 147 Å². The average molecular weight is 1630 g/mol. The molecule has 18 rings (SSSR count). The van der Waals surface area contributed by atoms with Crippen LogP contribution >= 0.6 is 0 Å². The number of nitrogens with zero attached hydrogens (tertiary/aromatic N) is 5. The molecule has 2 aliphatic carbocycles. The Morgan fingerprint density at radius 3 is 0.933 bits per heavy atom. The first-order valence-electron chi connectivity index (χ1n) is 38.6. The molecule has 0 aliphatic heterocycles. The molecule has 0 atom stereocenters. The highest BCUT2D eigenvalue weighted by atomic mass is 32.2. The van der Waals surface area contributed by atoms with Gasteiger partial charge in [0.2, 0.25) is 15.9 Å². The number of pyridine rings is 5. The fourth-order valence-corrected chi connectivity index (χ4v) is 15.3. The van der Waals surface area contributed by atoms with Crippen molar-refractivity contribution in [2.24, 2.45) is 11.7 Å². The minimum absolute atomic E-state index is 0.0985. The van der Waals surface area contributed by atoms with Gasteiger partial charge in [-0.2, -0.15) is 0 Å². The standard InChI is InChI=1S/C23H18FN3O.C20H18FN3O.C19H18FN3O2S.C17H16FN3.C16H14FN3/c24-19-8-4-7-16(11-19)17-9-10-20-18(13-26-22(25)21(20)12-17)14-27-23(28)15-5-2-1-3-6-15;21-16-3-1-2-13(8-16)14-6-7-17-15(10-23-19(22)18(17)9-14)11-24-20(25)12-4-5-12;20-15-3-1-2-12(8-15)13-4-7-17-14(10-22-19(21)18(17)9-13)11-23-26(24,25)16-5-6-16;1-20-9-13-10-21-17(19)16-8-12(5-6-15(13)16)11-3-2-4-14(18)7-11;17-13-3-1-2-10(6-13)11-4-5-14-12(8-18)9-20-16(19)15(14)7-11/h1-13H,14H2,(H2,25,26)(H,27,28);1-3,6-10,12H,4-5,11H2,(H2,22,23)(H,24,25);1-4,7-10,16,23H,5-6,11H2,(H2,21,22);2-8,10,20H,9H2,1H3,(H2,19,21);1-7,9H,8,18H2,(H2,19,20). The molecule has 5 aromatic heterocycles. The van der Waals surface area contributed by atoms with Gasteiger partial charge in [-0.05, 0) is 246 Å². The van der Waals surface area contributed by atoms with Crippen LogP contribution in [0.1, 0.15) is 63.9 Å². The Labute approximate surface area is 689 Å². The zero-order chi connectivity index (χ0) is 84.1. The Hall–Kier alpha value is -14.1. The van der Waals surface area contributed by atoms with E-state index < -0.39 is 10.0 Å². The summed E-state index contributed by atoms with van der Waals surface area (Å²) in [5.41, 5.74) is 49.2. The third-order valence-electron chi connectivity index (χ3n) is 20.7. The van der Waals surface area contributed by atoms with Gasteiger partial charge in [0.25, 0.3) is 5.91 Å². The van der Waals surface area contributed by atoms with Gasteiger partial charge >= 0.3 is 0 Å². The number of sulfonamides is 1. The number of anilines is 5. The molecular formula is C95H84F5N15O4S. The first kappa shape index (κ1) is 82.4. The number of nitrogens with one attached hydrogen (secondary N) is 4. The molecule has 25 heteroatoms. The monoisotopic (exact) mass is 1630 g/mol. The maximum Gasteiger partial charge on any atom is 0.251 e. The van der Waals surface area contributed by atoms with Crippen molar-refractivity contribution in [1.82, 2.24) is 45.6 Å². The maximum absolute atomic E-state index is 13.5. The molecule has 2 fully saturated rings. The van der Waals surface area contributed by atoms with Crippen molar-refractivity contribution in [2.45, 2.75) is 63.7 Å². The molecule has 16 aromatic rings. The molecule has 19 nitrogen and oxygen atoms in total. The number of benzene rings is 11. The number of carbonyl (C=O) groups excluding carboxylic acids is 2. The number of aromatic nitrogens is 5. The van der Waals surface area contributed by atoms with Crippen LogP contribution in [0.2, 0.25) is 0 Å². The minimum Gasteiger partial charge on any atom is -0.383 e. The maximum atomic E-state index is 13.5. The average Bonchev–Trinajstić information content (AvgIpc) is 1.61. The van der Waals surface area contributed by atoms with E-state index in [0.717, 1.165) is 157 Å². The summed E-state index contributed by atoms with van der Waals surface area (Å²) in [7, 11) is -1.38. The van der Waals surface area contributed by atoms with E-state index in [1.165, 1.54) is 60.7 Å². The van der Waals surface area contributed by atoms with E-state index in [9.17, 15) is 40.0 Å². The summed E-state index contributed by atoms with van der Waals surface area (Å²) in [4.78, 5) is 45.3. The van der Waals surface area contributed by atoms with Crippen molar-refractivity contribution in [3.05, 3.63) is 336 Å². The second-order valence-corrected chi connectivity index (χ2v) is 31.1. The number of nitrogen functional groups attached to an aromatic ring is 5. The number of fused-ring (bicyclic) bond motifs is 5. The topological polar surface area (TPSA) is 337 Å². The molecule has 5 heterocycles. The van der Waals surface area contributed by atoms with Gasteiger partial charge in [0.15, 0.2) is 0 Å². The number of hydrogen-bond donors (Lipinski definition) is 10. The number of rotatable bonds is 18. The summed E-state index contributed by atoms with van der Waals surface area (Å²) in [6, 6.07) is 70.1. The molecule has 11 aromatic carbocycles. The summed E-state index contributed by atoms with van der Waals surface area (Å²) < 4.78 is 93.9. The molecular weight excluding hydrogens is 1540 g/mol. The second kappa shape index (κ2) is 37.0. The largest absolute Gasteiger partial charge is 0.383 e. The Morgan fingerprint density at radius 1 is 0.342 bits per heavy atom. The molecule has 2 saturated carbocycles. The van der Waals surface area contributed by atoms with Crippen molar-refractivity contribution in [3.63, 3.8) is 0 Å². The van der Waals surface area contributed by atoms with Crippen LogP contribution in [0.4, 0.5) is 51.0 Å². The molecule has 0 unspecified atom stereocenters. The van der Waals surface area contributed by atoms with E-state index >= 15 is 0 Å². The van der Waals surface area contributed by atoms with Gasteiger partial charge in [-0.1, -0.05) is 140 Å². The third kappa shape index (κ3) is 19.9. The predicted octanol–water partition coefficient (Wildman–Crippen LogP) is 17.8. The minimum atomic E-state index is -3.27. The summed E-state index contributed by atoms with van der Waals surface area (Å²) in [5.74, 6) is 0.851. The Balaban J connectivity index is 0.000000123. The lowest BCUT2D eigenvalue weighted by Gasteiger charge is -2.11. The molecule has 2 aliphatic rings. The fourth-order valence-electron chi connectivity index (χ4n) is 14.0. The van der Waals surface area contributed by atoms with Crippen LogP contribution in [0.5, 0.6) is 0 Å². The number of nitrogens with two attached hydrogens (primary N) is 6. The number of amides is 2. The molecule has 0 radical (unpaired) electrons. The van der Waals surface area contributed by atoms with E-state index in [0.29, 0.717) is 67.1 Å². The van der Waals surface area contributed by atoms with Crippen LogP contribution in [0.25, 0.3) is 109 Å². The van der Waals surface area contributed by atoms with Gasteiger partial charge in [0.1, 0.15) is 58.2 Å². The van der Waals surface area contributed by atoms with Crippen LogP contribution in [0.3, 0.4) is 0 Å². The summed E-state index contributed by atoms with van der Waals surface area (Å²) in [5, 5.41) is 17.5. The lowest BCUT2D eigenvalue weighted by Crippen LogP contribution is -2.26. The normalized spacial score (nSPS) is 12.3. The van der Waals surface area contributed by atoms with Crippen molar-refractivity contribution in [1.29, 1.82) is 0 Å². The summed E-state index contributed by atoms with van der Waals surface area (Å²) in [6.45, 7) is 2.06. The number of hydrogen-bond acceptors (Lipinski definition) is 16. The first-order valence-corrected chi connectivity index (χ1v) is 40.2. The van der Waals surface area contributed by atoms with Crippen LogP contribution in [-0.4, -0.2) is 57.4 Å². The summed E-state index contributed by atoms with van der Waals surface area (Å²) >= 11 is 0. The van der Waals surface area contributed by atoms with E-state index in [4.69, 9.17) is 34.4 Å². The lowest BCUT2D eigenvalue weighted by molar-refractivity contribution is -0.122. The quantitative estimate of drug-likeness (QED) is 0.0357. The van der Waals surface area contributed by atoms with Gasteiger partial charge in [-0.3, -0.25) is 9.59 Å². The smallest absolute Gasteiger partial charge is 0.251 e. The third-order valence-corrected chi connectivity index (χ3v) is 22.6. The molecule has 16 N–H and O–H groups in total. The molecule has 0 saturated heterocycles. The van der Waals surface area contributed by atoms with Crippen molar-refractivity contribution in [2.75, 3.05) is 35.7 Å². The predicted molar refractivity (Wildman–Crippen MR) is 469 cm³/mol. The zero-order valence-corrected chi connectivity index (χ0v) is 65.9. The van der Waals surface area contributed by atoms with Crippen LogP contribution in [0.15, 0.2) is 274 Å². The second-order valence-electron chi connectivity index (χ2n) is 29.0. The lowest BCUT2D eigenvalue weighted by atomic mass is 9.99. The highest BCUT2D eigenvalue weighted by Crippen LogP contribution is 2.37. The molecule has 2 amide bonds. The van der Waals surface area contributed by atoms with Crippen LogP contribution in [-0.2, 0) is 47.5 Å². The first-order chi connectivity index (χ1) is 58.0. The summed E-state index contributed by atoms with van der Waals surface area (Å²) in [6.07, 6.45) is 11.8. The van der Waals surface area contributed by atoms with Gasteiger partial charge in [0.05, 0.1) is 5.25 Å². The van der Waals surface area contributed by atoms with E-state index in [1.54, 1.807) is 73.4 Å². The van der Waals surface area contributed by atoms with Gasteiger partial charge in [-0.15, -0.1) is 0 Å². The van der Waals surface area contributed by atoms with Gasteiger partial charge in [-0.25, -0.2) is 60.0 Å². The highest BCUT2D eigenvalue weighted by molar-refractivity contribution is 7.90. The van der Waals surface area contributed by atoms with Crippen LogP contribution < -0.4 is 55.1 Å². The fraction of sp³-hybridized carbons (Fsp3) is 0.126. The Bertz CT molecular complexity index is 6640. The van der Waals surface area contributed by atoms with Crippen molar-refractivity contribution in [3.8, 4) is 55.6 Å². The Morgan fingerprint density at radius 2 is 0.633 bits per heavy atom. The zero-order valence-electron chi connectivity index (χ0n) is 65.1. The highest BCUT2D eigenvalue weighted by Gasteiger charge is 2.35. The molecule has 120 heavy (non-hydrogen) atoms. The molecule has 0 spiro atoms. The molecule has 604 valence electrons. The SMILES string of the molecule is CNCc1cnc(N)c2cc(-c3cccc(F)c3)ccc12.NCc1cnc(N)c2cc(-c3cccc(F)c3)ccc12.Nc1ncc(CNC(=O)C2CC2)c2ccc(-c3cccc(F)c3)cc12.Nc1ncc(CNC(=O)c2ccccc2)c2ccc(-c3cccc(F)c3)cc12.Nc1ncc(CNS(=O)(=O)C2CC2)c2ccc(-c3cccc(F)c3)cc12. The van der Waals surface area contributed by atoms with E-state index in [-0.39, 0.29) is 58.6 Å². The molecule has 0 bridgehead atoms. The van der Waals surface area contributed by atoms with Gasteiger partial charge in [0, 0.05) is 102 Å². The van der Waals surface area contributed by atoms with Crippen molar-refractivity contribution >= 4 is 105 Å². The van der Waals surface area contributed by atoms with Crippen LogP contribution in [0, 0.1) is 35.0 Å². The number of halogens is 5. The number of carbonyl (C=O) groups is 2. The van der Waals surface area contributed by atoms with Gasteiger partial charge < -0.3 is 50.4 Å². The Kier molecular flexibility index (Phi) is 25.4.